The van der Waals surface area contributed by atoms with Gasteiger partial charge in [-0.2, -0.15) is 5.10 Å². The first-order valence-electron chi connectivity index (χ1n) is 6.99. The predicted octanol–water partition coefficient (Wildman–Crippen LogP) is 3.56. The molecule has 22 heavy (non-hydrogen) atoms. The van der Waals surface area contributed by atoms with Crippen LogP contribution in [0.4, 0.5) is 0 Å². The molecular formula is C15H17BrN4OS. The lowest BCUT2D eigenvalue weighted by molar-refractivity contribution is 0.0621. The third-order valence-electron chi connectivity index (χ3n) is 3.78. The average molecular weight is 381 g/mol. The summed E-state index contributed by atoms with van der Waals surface area (Å²) in [6, 6.07) is 2.19. The first-order valence-corrected chi connectivity index (χ1v) is 8.60. The van der Waals surface area contributed by atoms with Gasteiger partial charge in [-0.25, -0.2) is 5.48 Å². The molecule has 3 rings (SSSR count). The van der Waals surface area contributed by atoms with Crippen molar-refractivity contribution in [2.24, 2.45) is 4.99 Å². The molecule has 2 aromatic heterocycles. The highest BCUT2D eigenvalue weighted by Crippen LogP contribution is 2.31. The molecule has 0 fully saturated rings. The van der Waals surface area contributed by atoms with E-state index in [9.17, 15) is 0 Å². The van der Waals surface area contributed by atoms with E-state index in [1.165, 1.54) is 15.3 Å². The summed E-state index contributed by atoms with van der Waals surface area (Å²) >= 11 is 5.26. The van der Waals surface area contributed by atoms with Gasteiger partial charge in [0.15, 0.2) is 5.84 Å². The molecule has 0 amide bonds. The number of rotatable bonds is 2. The van der Waals surface area contributed by atoms with Crippen LogP contribution in [0.25, 0.3) is 0 Å². The first kappa shape index (κ1) is 15.6. The van der Waals surface area contributed by atoms with Crippen LogP contribution in [0.15, 0.2) is 15.7 Å². The standard InChI is InChI=1S/C15H17BrN4OS/c1-7-5-11(10(4)22-7)12-6-21-20-15(17-12)13-8(2)9(3)18-19-14(13)16/h5,12H,6H2,1-4H3,(H,17,20)/t12-/m0/s1. The average Bonchev–Trinajstić information content (AvgIpc) is 2.83. The van der Waals surface area contributed by atoms with E-state index in [1.54, 1.807) is 11.3 Å². The molecule has 116 valence electrons. The number of halogens is 1. The molecule has 0 saturated carbocycles. The summed E-state index contributed by atoms with van der Waals surface area (Å²) in [5.41, 5.74) is 6.98. The monoisotopic (exact) mass is 380 g/mol. The minimum absolute atomic E-state index is 0.000899. The van der Waals surface area contributed by atoms with Crippen LogP contribution in [-0.2, 0) is 4.84 Å². The van der Waals surface area contributed by atoms with Gasteiger partial charge in [0.05, 0.1) is 11.3 Å². The van der Waals surface area contributed by atoms with E-state index in [-0.39, 0.29) is 6.04 Å². The molecule has 0 aromatic carbocycles. The number of amidine groups is 1. The van der Waals surface area contributed by atoms with Crippen LogP contribution in [0, 0.1) is 27.7 Å². The quantitative estimate of drug-likeness (QED) is 0.864. The Labute approximate surface area is 141 Å². The lowest BCUT2D eigenvalue weighted by Gasteiger charge is -2.23. The van der Waals surface area contributed by atoms with Crippen molar-refractivity contribution < 1.29 is 4.84 Å². The highest BCUT2D eigenvalue weighted by atomic mass is 79.9. The van der Waals surface area contributed by atoms with Crippen molar-refractivity contribution in [3.05, 3.63) is 42.8 Å². The minimum atomic E-state index is 0.000899. The van der Waals surface area contributed by atoms with Crippen LogP contribution in [-0.4, -0.2) is 22.6 Å². The SMILES string of the molecule is Cc1cc([C@@H]2CONC(c3c(Br)nnc(C)c3C)=N2)c(C)s1. The van der Waals surface area contributed by atoms with Crippen molar-refractivity contribution >= 4 is 33.1 Å². The van der Waals surface area contributed by atoms with Crippen molar-refractivity contribution in [1.29, 1.82) is 0 Å². The van der Waals surface area contributed by atoms with Gasteiger partial charge in [-0.1, -0.05) is 0 Å². The second-order valence-corrected chi connectivity index (χ2v) is 7.56. The van der Waals surface area contributed by atoms with E-state index >= 15 is 0 Å². The lowest BCUT2D eigenvalue weighted by Crippen LogP contribution is -2.33. The molecule has 0 unspecified atom stereocenters. The van der Waals surface area contributed by atoms with E-state index in [0.29, 0.717) is 17.0 Å². The third-order valence-corrected chi connectivity index (χ3v) is 5.32. The van der Waals surface area contributed by atoms with Crippen molar-refractivity contribution in [2.75, 3.05) is 6.61 Å². The van der Waals surface area contributed by atoms with Crippen LogP contribution in [0.2, 0.25) is 0 Å². The largest absolute Gasteiger partial charge is 0.272 e. The number of nitrogens with one attached hydrogen (secondary N) is 1. The molecule has 1 aliphatic rings. The predicted molar refractivity (Wildman–Crippen MR) is 91.4 cm³/mol. The Morgan fingerprint density at radius 1 is 1.27 bits per heavy atom. The molecule has 1 N–H and O–H groups in total. The zero-order chi connectivity index (χ0) is 15.9. The number of aromatic nitrogens is 2. The molecule has 2 aromatic rings. The van der Waals surface area contributed by atoms with Crippen molar-refractivity contribution in [2.45, 2.75) is 33.7 Å². The van der Waals surface area contributed by atoms with E-state index in [1.807, 2.05) is 13.8 Å². The molecule has 1 atom stereocenters. The fraction of sp³-hybridized carbons (Fsp3) is 0.400. The number of thiophene rings is 1. The summed E-state index contributed by atoms with van der Waals surface area (Å²) in [5.74, 6) is 0.696. The summed E-state index contributed by atoms with van der Waals surface area (Å²) < 4.78 is 0.671. The fourth-order valence-electron chi connectivity index (χ4n) is 2.52. The first-order chi connectivity index (χ1) is 10.5. The Bertz CT molecular complexity index is 756. The van der Waals surface area contributed by atoms with E-state index in [4.69, 9.17) is 9.83 Å². The van der Waals surface area contributed by atoms with Gasteiger partial charge in [-0.05, 0) is 60.8 Å². The van der Waals surface area contributed by atoms with E-state index in [2.05, 4.69) is 51.5 Å². The molecule has 0 aliphatic carbocycles. The number of aryl methyl sites for hydroxylation is 3. The summed E-state index contributed by atoms with van der Waals surface area (Å²) in [7, 11) is 0. The van der Waals surface area contributed by atoms with Gasteiger partial charge in [-0.3, -0.25) is 9.83 Å². The minimum Gasteiger partial charge on any atom is -0.272 e. The maximum absolute atomic E-state index is 5.57. The normalized spacial score (nSPS) is 18.0. The number of hydroxylamine groups is 1. The van der Waals surface area contributed by atoms with E-state index < -0.39 is 0 Å². The number of aliphatic imine (C=N–C) groups is 1. The fourth-order valence-corrected chi connectivity index (χ4v) is 4.07. The van der Waals surface area contributed by atoms with Gasteiger partial charge in [-0.15, -0.1) is 16.4 Å². The Kier molecular flexibility index (Phi) is 4.29. The molecule has 3 heterocycles. The third kappa shape index (κ3) is 2.80. The van der Waals surface area contributed by atoms with Crippen molar-refractivity contribution in [3.63, 3.8) is 0 Å². The Balaban J connectivity index is 2.05. The molecule has 0 radical (unpaired) electrons. The molecule has 5 nitrogen and oxygen atoms in total. The van der Waals surface area contributed by atoms with E-state index in [0.717, 1.165) is 16.8 Å². The summed E-state index contributed by atoms with van der Waals surface area (Å²) in [6.45, 7) is 8.72. The zero-order valence-electron chi connectivity index (χ0n) is 12.9. The summed E-state index contributed by atoms with van der Waals surface area (Å²) in [6.07, 6.45) is 0. The smallest absolute Gasteiger partial charge is 0.156 e. The van der Waals surface area contributed by atoms with Crippen LogP contribution >= 0.6 is 27.3 Å². The molecule has 0 saturated heterocycles. The summed E-state index contributed by atoms with van der Waals surface area (Å²) in [4.78, 5) is 13.0. The van der Waals surface area contributed by atoms with Crippen molar-refractivity contribution in [3.8, 4) is 0 Å². The van der Waals surface area contributed by atoms with Crippen LogP contribution in [0.3, 0.4) is 0 Å². The maximum Gasteiger partial charge on any atom is 0.156 e. The second-order valence-electron chi connectivity index (χ2n) is 5.35. The Hall–Kier alpha value is -1.31. The number of hydrogen-bond acceptors (Lipinski definition) is 6. The van der Waals surface area contributed by atoms with Gasteiger partial charge in [0.25, 0.3) is 0 Å². The highest BCUT2D eigenvalue weighted by molar-refractivity contribution is 9.10. The van der Waals surface area contributed by atoms with Gasteiger partial charge in [0.2, 0.25) is 0 Å². The molecule has 7 heteroatoms. The number of nitrogens with zero attached hydrogens (tertiary/aromatic N) is 3. The topological polar surface area (TPSA) is 59.4 Å². The Morgan fingerprint density at radius 3 is 2.73 bits per heavy atom. The second kappa shape index (κ2) is 6.06. The van der Waals surface area contributed by atoms with Gasteiger partial charge < -0.3 is 0 Å². The van der Waals surface area contributed by atoms with Gasteiger partial charge in [0, 0.05) is 9.75 Å². The zero-order valence-corrected chi connectivity index (χ0v) is 15.3. The van der Waals surface area contributed by atoms with Crippen molar-refractivity contribution in [1.82, 2.24) is 15.7 Å². The van der Waals surface area contributed by atoms with Gasteiger partial charge in [0.1, 0.15) is 17.3 Å². The molecule has 0 bridgehead atoms. The Morgan fingerprint density at radius 2 is 2.05 bits per heavy atom. The molecular weight excluding hydrogens is 364 g/mol. The van der Waals surface area contributed by atoms with Crippen LogP contribution in [0.1, 0.15) is 38.2 Å². The van der Waals surface area contributed by atoms with Crippen LogP contribution < -0.4 is 5.48 Å². The number of hydrogen-bond donors (Lipinski definition) is 1. The van der Waals surface area contributed by atoms with Gasteiger partial charge >= 0.3 is 0 Å². The lowest BCUT2D eigenvalue weighted by atomic mass is 10.1. The van der Waals surface area contributed by atoms with Crippen LogP contribution in [0.5, 0.6) is 0 Å². The molecule has 1 aliphatic heterocycles. The molecule has 0 spiro atoms. The summed E-state index contributed by atoms with van der Waals surface area (Å²) in [5, 5.41) is 8.24. The maximum atomic E-state index is 5.57. The highest BCUT2D eigenvalue weighted by Gasteiger charge is 2.24.